The Morgan fingerprint density at radius 1 is 1.35 bits per heavy atom. The molecule has 1 heterocycles. The number of para-hydroxylation sites is 1. The van der Waals surface area contributed by atoms with Crippen LogP contribution in [0.1, 0.15) is 24.8 Å². The summed E-state index contributed by atoms with van der Waals surface area (Å²) >= 11 is 0. The number of ether oxygens (including phenoxy) is 2. The molecule has 1 aliphatic carbocycles. The van der Waals surface area contributed by atoms with Crippen molar-refractivity contribution in [2.45, 2.75) is 25.8 Å². The molecular formula is C19H26N2O5. The van der Waals surface area contributed by atoms with E-state index in [-0.39, 0.29) is 11.9 Å². The van der Waals surface area contributed by atoms with Crippen LogP contribution in [-0.4, -0.2) is 55.4 Å². The molecule has 7 heteroatoms. The number of carboxylic acids is 1. The zero-order valence-corrected chi connectivity index (χ0v) is 15.1. The van der Waals surface area contributed by atoms with E-state index >= 15 is 0 Å². The number of nitrogens with zero attached hydrogens (tertiary/aromatic N) is 1. The number of hydrogen-bond donors (Lipinski definition) is 2. The predicted molar refractivity (Wildman–Crippen MR) is 95.0 cm³/mol. The van der Waals surface area contributed by atoms with Gasteiger partial charge in [-0.1, -0.05) is 24.6 Å². The topological polar surface area (TPSA) is 88.1 Å². The van der Waals surface area contributed by atoms with Crippen molar-refractivity contribution in [3.63, 3.8) is 0 Å². The molecule has 2 aliphatic rings. The van der Waals surface area contributed by atoms with Crippen molar-refractivity contribution >= 4 is 12.0 Å². The largest absolute Gasteiger partial charge is 0.491 e. The smallest absolute Gasteiger partial charge is 0.317 e. The number of carbonyl (C=O) groups is 2. The highest BCUT2D eigenvalue weighted by Gasteiger charge is 2.55. The fraction of sp³-hybridized carbons (Fsp3) is 0.579. The molecule has 1 aromatic carbocycles. The number of carbonyl (C=O) groups excluding carboxylic acids is 1. The van der Waals surface area contributed by atoms with E-state index < -0.39 is 11.4 Å². The molecule has 1 aromatic rings. The number of amides is 2. The van der Waals surface area contributed by atoms with Crippen molar-refractivity contribution in [1.29, 1.82) is 0 Å². The third kappa shape index (κ3) is 3.62. The van der Waals surface area contributed by atoms with Crippen LogP contribution in [0.3, 0.4) is 0 Å². The number of methoxy groups -OCH3 is 1. The average Bonchev–Trinajstić information content (AvgIpc) is 3.19. The van der Waals surface area contributed by atoms with Crippen molar-refractivity contribution < 1.29 is 24.2 Å². The maximum atomic E-state index is 12.5. The Kier molecular flexibility index (Phi) is 5.66. The fourth-order valence-electron chi connectivity index (χ4n) is 4.10. The summed E-state index contributed by atoms with van der Waals surface area (Å²) in [6.07, 6.45) is 2.47. The van der Waals surface area contributed by atoms with Gasteiger partial charge >= 0.3 is 12.0 Å². The van der Waals surface area contributed by atoms with Crippen LogP contribution < -0.4 is 10.1 Å². The summed E-state index contributed by atoms with van der Waals surface area (Å²) in [5, 5.41) is 12.5. The monoisotopic (exact) mass is 362 g/mol. The second-order valence-electron chi connectivity index (χ2n) is 7.04. The summed E-state index contributed by atoms with van der Waals surface area (Å²) < 4.78 is 10.7. The summed E-state index contributed by atoms with van der Waals surface area (Å²) in [6.45, 7) is 2.09. The normalized spacial score (nSPS) is 24.3. The van der Waals surface area contributed by atoms with Gasteiger partial charge in [0, 0.05) is 32.3 Å². The highest BCUT2D eigenvalue weighted by Crippen LogP contribution is 2.48. The maximum Gasteiger partial charge on any atom is 0.317 e. The second kappa shape index (κ2) is 7.95. The van der Waals surface area contributed by atoms with Gasteiger partial charge in [-0.15, -0.1) is 0 Å². The zero-order chi connectivity index (χ0) is 18.6. The van der Waals surface area contributed by atoms with E-state index in [1.165, 1.54) is 0 Å². The van der Waals surface area contributed by atoms with Crippen LogP contribution in [0.25, 0.3) is 0 Å². The van der Waals surface area contributed by atoms with Gasteiger partial charge in [-0.2, -0.15) is 0 Å². The van der Waals surface area contributed by atoms with Crippen LogP contribution in [-0.2, 0) is 16.1 Å². The molecule has 2 N–H and O–H groups in total. The van der Waals surface area contributed by atoms with E-state index in [1.54, 1.807) is 12.0 Å². The summed E-state index contributed by atoms with van der Waals surface area (Å²) in [5.74, 6) is 0.00718. The molecule has 0 radical (unpaired) electrons. The standard InChI is InChI=1S/C19H26N2O5/c1-25-9-10-26-16-7-3-2-5-14(16)11-20-18(24)21-12-15-6-4-8-19(15,13-21)17(22)23/h2-3,5,7,15H,4,6,8-13H2,1H3,(H,20,24)(H,22,23)/t15-,19+/m0/s1. The van der Waals surface area contributed by atoms with Gasteiger partial charge in [-0.3, -0.25) is 4.79 Å². The number of benzene rings is 1. The second-order valence-corrected chi connectivity index (χ2v) is 7.04. The number of urea groups is 1. The van der Waals surface area contributed by atoms with Crippen LogP contribution >= 0.6 is 0 Å². The molecule has 2 atom stereocenters. The Morgan fingerprint density at radius 3 is 2.88 bits per heavy atom. The molecule has 26 heavy (non-hydrogen) atoms. The molecule has 7 nitrogen and oxygen atoms in total. The summed E-state index contributed by atoms with van der Waals surface area (Å²) in [4.78, 5) is 25.9. The molecular weight excluding hydrogens is 336 g/mol. The first kappa shape index (κ1) is 18.5. The van der Waals surface area contributed by atoms with E-state index in [0.29, 0.717) is 45.0 Å². The quantitative estimate of drug-likeness (QED) is 0.726. The van der Waals surface area contributed by atoms with E-state index in [1.807, 2.05) is 24.3 Å². The number of carboxylic acid groups (broad SMARTS) is 1. The summed E-state index contributed by atoms with van der Waals surface area (Å²) in [5.41, 5.74) is 0.127. The minimum Gasteiger partial charge on any atom is -0.491 e. The first-order chi connectivity index (χ1) is 12.6. The van der Waals surface area contributed by atoms with E-state index in [0.717, 1.165) is 18.4 Å². The summed E-state index contributed by atoms with van der Waals surface area (Å²) in [6, 6.07) is 7.32. The molecule has 0 spiro atoms. The first-order valence-electron chi connectivity index (χ1n) is 9.02. The average molecular weight is 362 g/mol. The zero-order valence-electron chi connectivity index (χ0n) is 15.1. The Morgan fingerprint density at radius 2 is 2.15 bits per heavy atom. The fourth-order valence-corrected chi connectivity index (χ4v) is 4.10. The lowest BCUT2D eigenvalue weighted by atomic mass is 9.81. The van der Waals surface area contributed by atoms with Gasteiger partial charge in [0.25, 0.3) is 0 Å². The lowest BCUT2D eigenvalue weighted by Gasteiger charge is -2.23. The molecule has 0 bridgehead atoms. The minimum atomic E-state index is -0.771. The summed E-state index contributed by atoms with van der Waals surface area (Å²) in [7, 11) is 1.62. The van der Waals surface area contributed by atoms with Gasteiger partial charge < -0.3 is 24.8 Å². The molecule has 3 rings (SSSR count). The number of likely N-dealkylation sites (tertiary alicyclic amines) is 1. The highest BCUT2D eigenvalue weighted by molar-refractivity contribution is 5.80. The van der Waals surface area contributed by atoms with Crippen LogP contribution in [0.4, 0.5) is 4.79 Å². The number of rotatable bonds is 7. The molecule has 1 saturated carbocycles. The Labute approximate surface area is 153 Å². The number of aliphatic carboxylic acids is 1. The Hall–Kier alpha value is -2.28. The maximum absolute atomic E-state index is 12.5. The van der Waals surface area contributed by atoms with Crippen molar-refractivity contribution in [3.05, 3.63) is 29.8 Å². The first-order valence-corrected chi connectivity index (χ1v) is 9.02. The SMILES string of the molecule is COCCOc1ccccc1CNC(=O)N1C[C@@H]2CCC[C@@]2(C(=O)O)C1. The van der Waals surface area contributed by atoms with Gasteiger partial charge in [-0.05, 0) is 24.8 Å². The van der Waals surface area contributed by atoms with Gasteiger partial charge in [-0.25, -0.2) is 4.79 Å². The van der Waals surface area contributed by atoms with Crippen molar-refractivity contribution in [1.82, 2.24) is 10.2 Å². The van der Waals surface area contributed by atoms with Crippen LogP contribution in [0.15, 0.2) is 24.3 Å². The van der Waals surface area contributed by atoms with Crippen molar-refractivity contribution in [2.24, 2.45) is 11.3 Å². The van der Waals surface area contributed by atoms with E-state index in [4.69, 9.17) is 9.47 Å². The van der Waals surface area contributed by atoms with Gasteiger partial charge in [0.2, 0.25) is 0 Å². The minimum absolute atomic E-state index is 0.0652. The molecule has 2 amide bonds. The van der Waals surface area contributed by atoms with Crippen LogP contribution in [0, 0.1) is 11.3 Å². The molecule has 2 fully saturated rings. The third-order valence-corrected chi connectivity index (χ3v) is 5.53. The number of fused-ring (bicyclic) bond motifs is 1. The molecule has 142 valence electrons. The molecule has 0 unspecified atom stereocenters. The van der Waals surface area contributed by atoms with Crippen molar-refractivity contribution in [3.8, 4) is 5.75 Å². The lowest BCUT2D eigenvalue weighted by Crippen LogP contribution is -2.41. The van der Waals surface area contributed by atoms with E-state index in [2.05, 4.69) is 5.32 Å². The van der Waals surface area contributed by atoms with Gasteiger partial charge in [0.15, 0.2) is 0 Å². The molecule has 1 aliphatic heterocycles. The molecule has 1 saturated heterocycles. The lowest BCUT2D eigenvalue weighted by molar-refractivity contribution is -0.149. The van der Waals surface area contributed by atoms with Crippen LogP contribution in [0.5, 0.6) is 5.75 Å². The number of nitrogens with one attached hydrogen (secondary N) is 1. The highest BCUT2D eigenvalue weighted by atomic mass is 16.5. The molecule has 0 aromatic heterocycles. The number of hydrogen-bond acceptors (Lipinski definition) is 4. The van der Waals surface area contributed by atoms with E-state index in [9.17, 15) is 14.7 Å². The van der Waals surface area contributed by atoms with Gasteiger partial charge in [0.05, 0.1) is 12.0 Å². The predicted octanol–water partition coefficient (Wildman–Crippen LogP) is 2.11. The van der Waals surface area contributed by atoms with Crippen LogP contribution in [0.2, 0.25) is 0 Å². The van der Waals surface area contributed by atoms with Gasteiger partial charge in [0.1, 0.15) is 12.4 Å². The van der Waals surface area contributed by atoms with Crippen molar-refractivity contribution in [2.75, 3.05) is 33.4 Å². The third-order valence-electron chi connectivity index (χ3n) is 5.53. The Bertz CT molecular complexity index is 665. The Balaban J connectivity index is 1.58.